The second-order valence-corrected chi connectivity index (χ2v) is 6.59. The zero-order valence-electron chi connectivity index (χ0n) is 13.0. The second-order valence-electron chi connectivity index (χ2n) is 6.59. The van der Waals surface area contributed by atoms with Crippen molar-refractivity contribution in [3.05, 3.63) is 29.8 Å². The summed E-state index contributed by atoms with van der Waals surface area (Å²) < 4.78 is 11.2. The highest BCUT2D eigenvalue weighted by molar-refractivity contribution is 5.28. The predicted molar refractivity (Wildman–Crippen MR) is 84.8 cm³/mol. The lowest BCUT2D eigenvalue weighted by atomic mass is 9.99. The Kier molecular flexibility index (Phi) is 5.15. The van der Waals surface area contributed by atoms with Crippen LogP contribution >= 0.6 is 0 Å². The van der Waals surface area contributed by atoms with Crippen molar-refractivity contribution in [2.45, 2.75) is 38.1 Å². The largest absolute Gasteiger partial charge is 0.497 e. The van der Waals surface area contributed by atoms with E-state index in [4.69, 9.17) is 9.47 Å². The van der Waals surface area contributed by atoms with Gasteiger partial charge in [-0.25, -0.2) is 0 Å². The number of rotatable bonds is 10. The Hall–Kier alpha value is -1.06. The first kappa shape index (κ1) is 14.9. The lowest BCUT2D eigenvalue weighted by molar-refractivity contribution is 0.0905. The molecule has 2 fully saturated rings. The maximum atomic E-state index is 5.93. The molecule has 2 saturated carbocycles. The van der Waals surface area contributed by atoms with Crippen molar-refractivity contribution < 1.29 is 9.47 Å². The quantitative estimate of drug-likeness (QED) is 0.718. The summed E-state index contributed by atoms with van der Waals surface area (Å²) in [5, 5.41) is 3.65. The lowest BCUT2D eigenvalue weighted by Crippen LogP contribution is -2.29. The van der Waals surface area contributed by atoms with Crippen molar-refractivity contribution in [3.63, 3.8) is 0 Å². The average molecular weight is 289 g/mol. The summed E-state index contributed by atoms with van der Waals surface area (Å²) in [5.41, 5.74) is 1.34. The van der Waals surface area contributed by atoms with Crippen LogP contribution < -0.4 is 10.1 Å². The van der Waals surface area contributed by atoms with E-state index in [2.05, 4.69) is 23.5 Å². The normalized spacial score (nSPS) is 19.5. The monoisotopic (exact) mass is 289 g/mol. The van der Waals surface area contributed by atoms with Crippen LogP contribution in [0.4, 0.5) is 0 Å². The predicted octanol–water partition coefficient (Wildman–Crippen LogP) is 3.03. The van der Waals surface area contributed by atoms with Crippen molar-refractivity contribution in [1.82, 2.24) is 5.32 Å². The molecule has 3 rings (SSSR count). The highest BCUT2D eigenvalue weighted by atomic mass is 16.5. The summed E-state index contributed by atoms with van der Waals surface area (Å²) >= 11 is 0. The van der Waals surface area contributed by atoms with Gasteiger partial charge in [-0.15, -0.1) is 0 Å². The van der Waals surface area contributed by atoms with Crippen LogP contribution in [0.3, 0.4) is 0 Å². The first-order valence-electron chi connectivity index (χ1n) is 8.27. The SMILES string of the molecule is COc1cccc(CC(CNC2CC2)COCC2CC2)c1. The van der Waals surface area contributed by atoms with Gasteiger partial charge in [0.15, 0.2) is 0 Å². The molecule has 0 bridgehead atoms. The van der Waals surface area contributed by atoms with Gasteiger partial charge < -0.3 is 14.8 Å². The lowest BCUT2D eigenvalue weighted by Gasteiger charge is -2.18. The van der Waals surface area contributed by atoms with Crippen molar-refractivity contribution in [2.75, 3.05) is 26.9 Å². The van der Waals surface area contributed by atoms with Gasteiger partial charge in [0.1, 0.15) is 5.75 Å². The summed E-state index contributed by atoms with van der Waals surface area (Å²) in [6, 6.07) is 9.18. The van der Waals surface area contributed by atoms with E-state index in [9.17, 15) is 0 Å². The summed E-state index contributed by atoms with van der Waals surface area (Å²) in [6.07, 6.45) is 6.47. The van der Waals surface area contributed by atoms with E-state index >= 15 is 0 Å². The van der Waals surface area contributed by atoms with Gasteiger partial charge in [-0.3, -0.25) is 0 Å². The third kappa shape index (κ3) is 5.33. The van der Waals surface area contributed by atoms with Crippen LogP contribution in [-0.2, 0) is 11.2 Å². The minimum Gasteiger partial charge on any atom is -0.497 e. The standard InChI is InChI=1S/C18H27NO2/c1-20-18-4-2-3-15(10-18)9-16(11-19-17-7-8-17)13-21-12-14-5-6-14/h2-4,10,14,16-17,19H,5-9,11-13H2,1H3. The molecule has 1 N–H and O–H groups in total. The third-order valence-electron chi connectivity index (χ3n) is 4.34. The van der Waals surface area contributed by atoms with Crippen LogP contribution in [0.2, 0.25) is 0 Å². The van der Waals surface area contributed by atoms with Crippen molar-refractivity contribution in [1.29, 1.82) is 0 Å². The van der Waals surface area contributed by atoms with Gasteiger partial charge in [0.05, 0.1) is 13.7 Å². The first-order valence-corrected chi connectivity index (χ1v) is 8.27. The Balaban J connectivity index is 1.50. The molecule has 0 heterocycles. The number of methoxy groups -OCH3 is 1. The van der Waals surface area contributed by atoms with Gasteiger partial charge >= 0.3 is 0 Å². The van der Waals surface area contributed by atoms with E-state index in [0.717, 1.165) is 43.9 Å². The van der Waals surface area contributed by atoms with Crippen LogP contribution in [0, 0.1) is 11.8 Å². The maximum absolute atomic E-state index is 5.93. The number of hydrogen-bond donors (Lipinski definition) is 1. The molecule has 2 aliphatic carbocycles. The summed E-state index contributed by atoms with van der Waals surface area (Å²) in [4.78, 5) is 0. The van der Waals surface area contributed by atoms with E-state index < -0.39 is 0 Å². The van der Waals surface area contributed by atoms with E-state index in [1.165, 1.54) is 31.2 Å². The number of benzene rings is 1. The number of ether oxygens (including phenoxy) is 2. The van der Waals surface area contributed by atoms with Gasteiger partial charge in [-0.1, -0.05) is 12.1 Å². The zero-order valence-corrected chi connectivity index (χ0v) is 13.0. The summed E-state index contributed by atoms with van der Waals surface area (Å²) in [5.74, 6) is 2.34. The fraction of sp³-hybridized carbons (Fsp3) is 0.667. The van der Waals surface area contributed by atoms with Gasteiger partial charge in [0.25, 0.3) is 0 Å². The molecule has 116 valence electrons. The molecule has 0 saturated heterocycles. The molecule has 0 spiro atoms. The average Bonchev–Trinajstić information content (AvgIpc) is 3.38. The molecule has 0 radical (unpaired) electrons. The summed E-state index contributed by atoms with van der Waals surface area (Å²) in [7, 11) is 1.73. The Bertz CT molecular complexity index is 441. The minimum atomic E-state index is 0.552. The van der Waals surface area contributed by atoms with Gasteiger partial charge in [-0.2, -0.15) is 0 Å². The molecular formula is C18H27NO2. The zero-order chi connectivity index (χ0) is 14.5. The van der Waals surface area contributed by atoms with Crippen molar-refractivity contribution in [2.24, 2.45) is 11.8 Å². The third-order valence-corrected chi connectivity index (χ3v) is 4.34. The Labute approximate surface area is 128 Å². The van der Waals surface area contributed by atoms with Crippen LogP contribution in [0.5, 0.6) is 5.75 Å². The number of hydrogen-bond acceptors (Lipinski definition) is 3. The molecule has 1 aromatic rings. The van der Waals surface area contributed by atoms with Crippen LogP contribution in [0.25, 0.3) is 0 Å². The molecule has 1 unspecified atom stereocenters. The van der Waals surface area contributed by atoms with Crippen molar-refractivity contribution >= 4 is 0 Å². The molecule has 1 atom stereocenters. The molecule has 3 heteroatoms. The van der Waals surface area contributed by atoms with Crippen LogP contribution in [-0.4, -0.2) is 32.9 Å². The molecular weight excluding hydrogens is 262 g/mol. The van der Waals surface area contributed by atoms with Crippen molar-refractivity contribution in [3.8, 4) is 5.75 Å². The second kappa shape index (κ2) is 7.28. The molecule has 0 aliphatic heterocycles. The maximum Gasteiger partial charge on any atom is 0.119 e. The molecule has 2 aliphatic rings. The molecule has 3 nitrogen and oxygen atoms in total. The molecule has 0 aromatic heterocycles. The Morgan fingerprint density at radius 2 is 2.10 bits per heavy atom. The summed E-state index contributed by atoms with van der Waals surface area (Å²) in [6.45, 7) is 2.89. The Morgan fingerprint density at radius 1 is 1.24 bits per heavy atom. The van der Waals surface area contributed by atoms with Gasteiger partial charge in [0.2, 0.25) is 0 Å². The highest BCUT2D eigenvalue weighted by Gasteiger charge is 2.24. The fourth-order valence-corrected chi connectivity index (χ4v) is 2.63. The molecule has 0 amide bonds. The molecule has 21 heavy (non-hydrogen) atoms. The smallest absolute Gasteiger partial charge is 0.119 e. The van der Waals surface area contributed by atoms with E-state index in [1.807, 2.05) is 6.07 Å². The first-order chi connectivity index (χ1) is 10.3. The van der Waals surface area contributed by atoms with E-state index in [1.54, 1.807) is 7.11 Å². The van der Waals surface area contributed by atoms with Crippen LogP contribution in [0.15, 0.2) is 24.3 Å². The van der Waals surface area contributed by atoms with E-state index in [-0.39, 0.29) is 0 Å². The van der Waals surface area contributed by atoms with Gasteiger partial charge in [0, 0.05) is 19.2 Å². The topological polar surface area (TPSA) is 30.5 Å². The van der Waals surface area contributed by atoms with E-state index in [0.29, 0.717) is 5.92 Å². The number of nitrogens with one attached hydrogen (secondary N) is 1. The fourth-order valence-electron chi connectivity index (χ4n) is 2.63. The molecule has 1 aromatic carbocycles. The minimum absolute atomic E-state index is 0.552. The highest BCUT2D eigenvalue weighted by Crippen LogP contribution is 2.29. The van der Waals surface area contributed by atoms with Crippen LogP contribution in [0.1, 0.15) is 31.2 Å². The Morgan fingerprint density at radius 3 is 2.81 bits per heavy atom. The van der Waals surface area contributed by atoms with Gasteiger partial charge in [-0.05, 0) is 61.6 Å².